The molecular weight excluding hydrogens is 222 g/mol. The van der Waals surface area contributed by atoms with Gasteiger partial charge in [-0.3, -0.25) is 4.90 Å². The molecule has 16 heavy (non-hydrogen) atoms. The molecule has 1 heterocycles. The highest BCUT2D eigenvalue weighted by atomic mass is 32.1. The molecule has 0 bridgehead atoms. The summed E-state index contributed by atoms with van der Waals surface area (Å²) < 4.78 is 4.98. The Labute approximate surface area is 102 Å². The Kier molecular flexibility index (Phi) is 6.56. The standard InChI is InChI=1S/C11H21N3OS/c1-10(6-12-4-5-15-3)14(2)7-11-8-16-9-13-11/h8-10,12H,4-7H2,1-3H3. The fourth-order valence-corrected chi connectivity index (χ4v) is 1.92. The molecule has 0 aromatic carbocycles. The maximum atomic E-state index is 4.98. The first-order valence-electron chi connectivity index (χ1n) is 5.51. The zero-order valence-corrected chi connectivity index (χ0v) is 11.1. The van der Waals surface area contributed by atoms with Crippen LogP contribution in [0.4, 0.5) is 0 Å². The molecule has 1 atom stereocenters. The normalized spacial score (nSPS) is 13.2. The molecule has 0 fully saturated rings. The minimum Gasteiger partial charge on any atom is -0.383 e. The molecule has 1 aromatic heterocycles. The highest BCUT2D eigenvalue weighted by Gasteiger charge is 2.09. The number of nitrogens with zero attached hydrogens (tertiary/aromatic N) is 2. The van der Waals surface area contributed by atoms with E-state index in [4.69, 9.17) is 4.74 Å². The van der Waals surface area contributed by atoms with Gasteiger partial charge in [0.25, 0.3) is 0 Å². The molecule has 0 spiro atoms. The summed E-state index contributed by atoms with van der Waals surface area (Å²) in [5.41, 5.74) is 3.03. The van der Waals surface area contributed by atoms with Crippen molar-refractivity contribution in [3.8, 4) is 0 Å². The van der Waals surface area contributed by atoms with Crippen LogP contribution in [0.1, 0.15) is 12.6 Å². The summed E-state index contributed by atoms with van der Waals surface area (Å²) in [5, 5.41) is 5.46. The number of hydrogen-bond acceptors (Lipinski definition) is 5. The summed E-state index contributed by atoms with van der Waals surface area (Å²) in [6.45, 7) is 5.78. The number of nitrogens with one attached hydrogen (secondary N) is 1. The van der Waals surface area contributed by atoms with Crippen LogP contribution in [0.15, 0.2) is 10.9 Å². The molecule has 92 valence electrons. The fourth-order valence-electron chi connectivity index (χ4n) is 1.37. The van der Waals surface area contributed by atoms with Crippen molar-refractivity contribution in [2.45, 2.75) is 19.5 Å². The quantitative estimate of drug-likeness (QED) is 0.696. The Morgan fingerprint density at radius 1 is 1.62 bits per heavy atom. The highest BCUT2D eigenvalue weighted by molar-refractivity contribution is 7.07. The molecule has 1 unspecified atom stereocenters. The first-order chi connectivity index (χ1) is 7.74. The van der Waals surface area contributed by atoms with E-state index in [0.29, 0.717) is 6.04 Å². The second-order valence-electron chi connectivity index (χ2n) is 3.94. The Hall–Kier alpha value is -0.490. The van der Waals surface area contributed by atoms with Gasteiger partial charge in [0.1, 0.15) is 0 Å². The summed E-state index contributed by atoms with van der Waals surface area (Å²) in [7, 11) is 3.85. The van der Waals surface area contributed by atoms with E-state index < -0.39 is 0 Å². The molecule has 5 heteroatoms. The lowest BCUT2D eigenvalue weighted by Crippen LogP contribution is -2.38. The highest BCUT2D eigenvalue weighted by Crippen LogP contribution is 2.06. The average molecular weight is 243 g/mol. The maximum absolute atomic E-state index is 4.98. The lowest BCUT2D eigenvalue weighted by atomic mass is 10.3. The van der Waals surface area contributed by atoms with E-state index in [1.807, 2.05) is 5.51 Å². The molecule has 1 rings (SSSR count). The topological polar surface area (TPSA) is 37.4 Å². The molecule has 4 nitrogen and oxygen atoms in total. The molecule has 0 aliphatic carbocycles. The largest absolute Gasteiger partial charge is 0.383 e. The minimum absolute atomic E-state index is 0.499. The van der Waals surface area contributed by atoms with Crippen LogP contribution in [0.2, 0.25) is 0 Å². The van der Waals surface area contributed by atoms with E-state index in [1.165, 1.54) is 0 Å². The van der Waals surface area contributed by atoms with E-state index >= 15 is 0 Å². The Bertz CT molecular complexity index is 266. The lowest BCUT2D eigenvalue weighted by Gasteiger charge is -2.24. The summed E-state index contributed by atoms with van der Waals surface area (Å²) in [5.74, 6) is 0. The number of likely N-dealkylation sites (N-methyl/N-ethyl adjacent to an activating group) is 1. The van der Waals surface area contributed by atoms with Crippen molar-refractivity contribution in [2.75, 3.05) is 33.9 Å². The molecule has 0 aliphatic heterocycles. The minimum atomic E-state index is 0.499. The van der Waals surface area contributed by atoms with Crippen LogP contribution in [-0.2, 0) is 11.3 Å². The number of aromatic nitrogens is 1. The molecule has 0 aliphatic rings. The van der Waals surface area contributed by atoms with Crippen molar-refractivity contribution < 1.29 is 4.74 Å². The van der Waals surface area contributed by atoms with Crippen LogP contribution in [0.5, 0.6) is 0 Å². The van der Waals surface area contributed by atoms with Crippen molar-refractivity contribution in [3.63, 3.8) is 0 Å². The van der Waals surface area contributed by atoms with Gasteiger partial charge in [0.05, 0.1) is 17.8 Å². The predicted octanol–water partition coefficient (Wildman–Crippen LogP) is 1.20. The summed E-state index contributed by atoms with van der Waals surface area (Å²) in [6, 6.07) is 0.499. The van der Waals surface area contributed by atoms with Crippen LogP contribution >= 0.6 is 11.3 Å². The van der Waals surface area contributed by atoms with Gasteiger partial charge in [-0.2, -0.15) is 0 Å². The fraction of sp³-hybridized carbons (Fsp3) is 0.727. The van der Waals surface area contributed by atoms with Crippen LogP contribution in [0.3, 0.4) is 0 Å². The van der Waals surface area contributed by atoms with Crippen molar-refractivity contribution >= 4 is 11.3 Å². The van der Waals surface area contributed by atoms with Gasteiger partial charge in [-0.25, -0.2) is 4.98 Å². The van der Waals surface area contributed by atoms with Gasteiger partial charge in [0.2, 0.25) is 0 Å². The molecule has 0 saturated heterocycles. The SMILES string of the molecule is COCCNCC(C)N(C)Cc1cscn1. The van der Waals surface area contributed by atoms with Gasteiger partial charge < -0.3 is 10.1 Å². The molecule has 1 N–H and O–H groups in total. The van der Waals surface area contributed by atoms with Crippen molar-refractivity contribution in [1.29, 1.82) is 0 Å². The zero-order chi connectivity index (χ0) is 11.8. The van der Waals surface area contributed by atoms with Gasteiger partial charge in [-0.1, -0.05) is 0 Å². The van der Waals surface area contributed by atoms with Gasteiger partial charge in [0, 0.05) is 38.2 Å². The van der Waals surface area contributed by atoms with Crippen LogP contribution < -0.4 is 5.32 Å². The third-order valence-corrected chi connectivity index (χ3v) is 3.21. The van der Waals surface area contributed by atoms with Crippen LogP contribution in [0.25, 0.3) is 0 Å². The second-order valence-corrected chi connectivity index (χ2v) is 4.66. The number of hydrogen-bond donors (Lipinski definition) is 1. The third-order valence-electron chi connectivity index (χ3n) is 2.57. The lowest BCUT2D eigenvalue weighted by molar-refractivity contribution is 0.191. The first-order valence-corrected chi connectivity index (χ1v) is 6.45. The average Bonchev–Trinajstić information content (AvgIpc) is 2.76. The monoisotopic (exact) mass is 243 g/mol. The van der Waals surface area contributed by atoms with E-state index in [-0.39, 0.29) is 0 Å². The smallest absolute Gasteiger partial charge is 0.0795 e. The third kappa shape index (κ3) is 5.03. The number of methoxy groups -OCH3 is 1. The molecule has 1 aromatic rings. The second kappa shape index (κ2) is 7.73. The molecule has 0 amide bonds. The van der Waals surface area contributed by atoms with Crippen molar-refractivity contribution in [1.82, 2.24) is 15.2 Å². The summed E-state index contributed by atoms with van der Waals surface area (Å²) >= 11 is 1.65. The summed E-state index contributed by atoms with van der Waals surface area (Å²) in [6.07, 6.45) is 0. The molecule has 0 radical (unpaired) electrons. The van der Waals surface area contributed by atoms with E-state index in [1.54, 1.807) is 18.4 Å². The van der Waals surface area contributed by atoms with Gasteiger partial charge in [-0.05, 0) is 14.0 Å². The van der Waals surface area contributed by atoms with E-state index in [0.717, 1.165) is 31.9 Å². The number of rotatable bonds is 8. The molecule has 0 saturated carbocycles. The predicted molar refractivity (Wildman–Crippen MR) is 67.8 cm³/mol. The molecular formula is C11H21N3OS. The first kappa shape index (κ1) is 13.6. The van der Waals surface area contributed by atoms with Gasteiger partial charge in [-0.15, -0.1) is 11.3 Å². The van der Waals surface area contributed by atoms with Crippen LogP contribution in [0, 0.1) is 0 Å². The number of thiazole rings is 1. The van der Waals surface area contributed by atoms with Gasteiger partial charge >= 0.3 is 0 Å². The van der Waals surface area contributed by atoms with Crippen LogP contribution in [-0.4, -0.2) is 49.8 Å². The Morgan fingerprint density at radius 3 is 3.06 bits per heavy atom. The van der Waals surface area contributed by atoms with Crippen molar-refractivity contribution in [3.05, 3.63) is 16.6 Å². The Balaban J connectivity index is 2.17. The van der Waals surface area contributed by atoms with E-state index in [9.17, 15) is 0 Å². The van der Waals surface area contributed by atoms with Gasteiger partial charge in [0.15, 0.2) is 0 Å². The number of ether oxygens (including phenoxy) is 1. The summed E-state index contributed by atoms with van der Waals surface area (Å²) in [4.78, 5) is 6.59. The maximum Gasteiger partial charge on any atom is 0.0795 e. The zero-order valence-electron chi connectivity index (χ0n) is 10.3. The van der Waals surface area contributed by atoms with Crippen molar-refractivity contribution in [2.24, 2.45) is 0 Å². The van der Waals surface area contributed by atoms with E-state index in [2.05, 4.69) is 34.6 Å². The Morgan fingerprint density at radius 2 is 2.44 bits per heavy atom.